The molecule has 3 aromatic carbocycles. The van der Waals surface area contributed by atoms with Crippen molar-refractivity contribution in [1.82, 2.24) is 0 Å². The third kappa shape index (κ3) is 7.41. The third-order valence-electron chi connectivity index (χ3n) is 5.01. The van der Waals surface area contributed by atoms with E-state index in [9.17, 15) is 26.4 Å². The second-order valence-corrected chi connectivity index (χ2v) is 10.7. The van der Waals surface area contributed by atoms with Crippen LogP contribution in [-0.4, -0.2) is 27.9 Å². The molecule has 0 fully saturated rings. The van der Waals surface area contributed by atoms with E-state index in [4.69, 9.17) is 4.74 Å². The molecular weight excluding hydrogens is 515 g/mol. The van der Waals surface area contributed by atoms with E-state index in [1.807, 2.05) is 13.8 Å². The van der Waals surface area contributed by atoms with Gasteiger partial charge in [-0.3, -0.25) is 4.72 Å². The van der Waals surface area contributed by atoms with Crippen molar-refractivity contribution in [3.05, 3.63) is 83.4 Å². The lowest BCUT2D eigenvalue weighted by atomic mass is 9.97. The molecule has 0 spiro atoms. The number of ether oxygens (including phenoxy) is 2. The van der Waals surface area contributed by atoms with E-state index >= 15 is 0 Å². The zero-order valence-electron chi connectivity index (χ0n) is 19.6. The van der Waals surface area contributed by atoms with Crippen molar-refractivity contribution < 1.29 is 35.9 Å². The average molecular weight is 540 g/mol. The number of methoxy groups -OCH3 is 1. The van der Waals surface area contributed by atoms with Gasteiger partial charge in [0.25, 0.3) is 10.0 Å². The zero-order valence-corrected chi connectivity index (χ0v) is 21.3. The van der Waals surface area contributed by atoms with Gasteiger partial charge in [-0.1, -0.05) is 32.0 Å². The van der Waals surface area contributed by atoms with Crippen molar-refractivity contribution in [2.45, 2.75) is 41.7 Å². The van der Waals surface area contributed by atoms with E-state index in [0.29, 0.717) is 22.6 Å². The summed E-state index contributed by atoms with van der Waals surface area (Å²) in [5.41, 5.74) is 1.81. The van der Waals surface area contributed by atoms with Gasteiger partial charge in [-0.05, 0) is 65.6 Å². The van der Waals surface area contributed by atoms with Crippen molar-refractivity contribution in [1.29, 1.82) is 0 Å². The van der Waals surface area contributed by atoms with Gasteiger partial charge in [-0.25, -0.2) is 13.2 Å². The fourth-order valence-electron chi connectivity index (χ4n) is 3.33. The number of rotatable bonds is 9. The molecule has 6 nitrogen and oxygen atoms in total. The number of thioether (sulfide) groups is 1. The van der Waals surface area contributed by atoms with Gasteiger partial charge < -0.3 is 9.47 Å². The fraction of sp³-hybridized carbons (Fsp3) is 0.240. The number of alkyl halides is 3. The molecule has 3 aromatic rings. The van der Waals surface area contributed by atoms with E-state index in [2.05, 4.69) is 9.46 Å². The number of hydrogen-bond acceptors (Lipinski definition) is 6. The molecule has 3 rings (SSSR count). The molecule has 192 valence electrons. The van der Waals surface area contributed by atoms with Gasteiger partial charge in [0.1, 0.15) is 5.75 Å². The second kappa shape index (κ2) is 11.3. The van der Waals surface area contributed by atoms with Crippen molar-refractivity contribution in [3.63, 3.8) is 0 Å². The monoisotopic (exact) mass is 539 g/mol. The van der Waals surface area contributed by atoms with Crippen LogP contribution < -0.4 is 9.46 Å². The van der Waals surface area contributed by atoms with Crippen LogP contribution in [0.15, 0.2) is 76.5 Å². The highest BCUT2D eigenvalue weighted by Gasteiger charge is 2.31. The fourth-order valence-corrected chi connectivity index (χ4v) is 5.25. The predicted octanol–water partition coefficient (Wildman–Crippen LogP) is 6.59. The molecular formula is C25H24F3NO5S2. The number of halogens is 3. The highest BCUT2D eigenvalue weighted by Crippen LogP contribution is 2.29. The van der Waals surface area contributed by atoms with Gasteiger partial charge in [0.2, 0.25) is 0 Å². The highest BCUT2D eigenvalue weighted by molar-refractivity contribution is 7.98. The summed E-state index contributed by atoms with van der Waals surface area (Å²) in [7, 11) is -2.74. The van der Waals surface area contributed by atoms with Gasteiger partial charge in [0.15, 0.2) is 0 Å². The van der Waals surface area contributed by atoms with Crippen molar-refractivity contribution in [2.24, 2.45) is 0 Å². The van der Waals surface area contributed by atoms with Gasteiger partial charge in [0, 0.05) is 16.3 Å². The second-order valence-electron chi connectivity index (χ2n) is 8.01. The molecule has 0 amide bonds. The lowest BCUT2D eigenvalue weighted by Crippen LogP contribution is -2.17. The Morgan fingerprint density at radius 2 is 1.72 bits per heavy atom. The lowest BCUT2D eigenvalue weighted by molar-refractivity contribution is -0.274. The zero-order chi connectivity index (χ0) is 26.5. The Kier molecular flexibility index (Phi) is 8.57. The average Bonchev–Trinajstić information content (AvgIpc) is 2.81. The summed E-state index contributed by atoms with van der Waals surface area (Å²) in [6, 6.07) is 16.6. The maximum atomic E-state index is 12.9. The summed E-state index contributed by atoms with van der Waals surface area (Å²) in [5, 5.41) is 0. The minimum atomic E-state index is -4.76. The number of anilines is 1. The Balaban J connectivity index is 1.69. The first kappa shape index (κ1) is 27.4. The van der Waals surface area contributed by atoms with Gasteiger partial charge >= 0.3 is 12.3 Å². The molecule has 0 aromatic heterocycles. The molecule has 0 heterocycles. The molecule has 0 saturated carbocycles. The summed E-state index contributed by atoms with van der Waals surface area (Å²) < 4.78 is 74.3. The van der Waals surface area contributed by atoms with Crippen LogP contribution in [0, 0.1) is 0 Å². The summed E-state index contributed by atoms with van der Waals surface area (Å²) in [6.07, 6.45) is -4.76. The summed E-state index contributed by atoms with van der Waals surface area (Å²) in [6.45, 7) is 3.78. The molecule has 0 unspecified atom stereocenters. The number of hydrogen-bond donors (Lipinski definition) is 1. The maximum Gasteiger partial charge on any atom is 0.573 e. The summed E-state index contributed by atoms with van der Waals surface area (Å²) in [5.74, 6) is -0.526. The van der Waals surface area contributed by atoms with Crippen molar-refractivity contribution in [3.8, 4) is 5.75 Å². The van der Waals surface area contributed by atoms with Gasteiger partial charge in [-0.2, -0.15) is 0 Å². The Hall–Kier alpha value is -3.18. The summed E-state index contributed by atoms with van der Waals surface area (Å²) >= 11 is 1.37. The predicted molar refractivity (Wildman–Crippen MR) is 132 cm³/mol. The van der Waals surface area contributed by atoms with Crippen LogP contribution in [0.2, 0.25) is 0 Å². The SMILES string of the molecule is COC(=O)c1cc(S(=O)(=O)Nc2ccc(SCc3cccc(OC(F)(F)F)c3)cc2)ccc1C(C)C. The third-order valence-corrected chi connectivity index (χ3v) is 7.47. The van der Waals surface area contributed by atoms with Crippen LogP contribution in [0.3, 0.4) is 0 Å². The van der Waals surface area contributed by atoms with E-state index < -0.39 is 22.4 Å². The van der Waals surface area contributed by atoms with Gasteiger partial charge in [-0.15, -0.1) is 24.9 Å². The van der Waals surface area contributed by atoms with Crippen LogP contribution in [0.25, 0.3) is 0 Å². The molecule has 0 aliphatic carbocycles. The molecule has 0 radical (unpaired) electrons. The molecule has 0 atom stereocenters. The number of esters is 1. The largest absolute Gasteiger partial charge is 0.573 e. The Labute approximate surface area is 211 Å². The van der Waals surface area contributed by atoms with Crippen molar-refractivity contribution >= 4 is 33.4 Å². The molecule has 0 aliphatic rings. The molecule has 36 heavy (non-hydrogen) atoms. The highest BCUT2D eigenvalue weighted by atomic mass is 32.2. The van der Waals surface area contributed by atoms with Crippen LogP contribution in [0.5, 0.6) is 5.75 Å². The lowest BCUT2D eigenvalue weighted by Gasteiger charge is -2.14. The number of benzene rings is 3. The first-order valence-electron chi connectivity index (χ1n) is 10.7. The Morgan fingerprint density at radius 3 is 2.33 bits per heavy atom. The van der Waals surface area contributed by atoms with E-state index in [0.717, 1.165) is 4.90 Å². The van der Waals surface area contributed by atoms with Crippen LogP contribution >= 0.6 is 11.8 Å². The molecule has 0 aliphatic heterocycles. The van der Waals surface area contributed by atoms with E-state index in [-0.39, 0.29) is 22.1 Å². The molecule has 1 N–H and O–H groups in total. The van der Waals surface area contributed by atoms with E-state index in [1.165, 1.54) is 49.2 Å². The smallest absolute Gasteiger partial charge is 0.465 e. The Morgan fingerprint density at radius 1 is 1.03 bits per heavy atom. The maximum absolute atomic E-state index is 12.9. The number of nitrogens with one attached hydrogen (secondary N) is 1. The van der Waals surface area contributed by atoms with Crippen molar-refractivity contribution in [2.75, 3.05) is 11.8 Å². The molecule has 0 saturated heterocycles. The minimum absolute atomic E-state index is 0.00602. The van der Waals surface area contributed by atoms with Crippen LogP contribution in [0.4, 0.5) is 18.9 Å². The van der Waals surface area contributed by atoms with E-state index in [1.54, 1.807) is 36.4 Å². The normalized spacial score (nSPS) is 11.9. The van der Waals surface area contributed by atoms with Gasteiger partial charge in [0.05, 0.1) is 17.6 Å². The number of carbonyl (C=O) groups excluding carboxylic acids is 1. The quantitative estimate of drug-likeness (QED) is 0.244. The van der Waals surface area contributed by atoms with Crippen LogP contribution in [0.1, 0.15) is 41.3 Å². The summed E-state index contributed by atoms with van der Waals surface area (Å²) in [4.78, 5) is 12.9. The first-order valence-corrected chi connectivity index (χ1v) is 13.2. The minimum Gasteiger partial charge on any atom is -0.465 e. The Bertz CT molecular complexity index is 1320. The number of carbonyl (C=O) groups is 1. The topological polar surface area (TPSA) is 81.7 Å². The standard InChI is InChI=1S/C25H24F3NO5S2/c1-16(2)22-12-11-21(14-23(22)24(30)33-3)36(31,32)29-18-7-9-20(10-8-18)35-15-17-5-4-6-19(13-17)34-25(26,27)28/h4-14,16,29H,15H2,1-3H3. The number of sulfonamides is 1. The van der Waals surface area contributed by atoms with Crippen LogP contribution in [-0.2, 0) is 20.5 Å². The molecule has 0 bridgehead atoms. The molecule has 11 heteroatoms. The first-order chi connectivity index (χ1) is 16.9.